The largest absolute Gasteiger partial charge is 0.464 e. The zero-order valence-electron chi connectivity index (χ0n) is 22.0. The minimum Gasteiger partial charge on any atom is -0.464 e. The molecule has 0 amide bonds. The van der Waals surface area contributed by atoms with Gasteiger partial charge in [0.1, 0.15) is 28.1 Å². The van der Waals surface area contributed by atoms with Gasteiger partial charge in [-0.3, -0.25) is 0 Å². The van der Waals surface area contributed by atoms with E-state index in [0.29, 0.717) is 51.2 Å². The fourth-order valence-electron chi connectivity index (χ4n) is 4.66. The Morgan fingerprint density at radius 1 is 0.902 bits per heavy atom. The summed E-state index contributed by atoms with van der Waals surface area (Å²) in [7, 11) is 0. The second kappa shape index (κ2) is 9.28. The maximum Gasteiger partial charge on any atom is 0.222 e. The number of ether oxygens (including phenoxy) is 1. The summed E-state index contributed by atoms with van der Waals surface area (Å²) in [6, 6.07) is 21.9. The van der Waals surface area contributed by atoms with Crippen LogP contribution in [0.4, 0.5) is 5.95 Å². The third-order valence-corrected chi connectivity index (χ3v) is 6.59. The van der Waals surface area contributed by atoms with Crippen molar-refractivity contribution < 1.29 is 18.7 Å². The van der Waals surface area contributed by atoms with Gasteiger partial charge >= 0.3 is 0 Å². The van der Waals surface area contributed by atoms with Gasteiger partial charge in [-0.1, -0.05) is 17.3 Å². The number of anilines is 1. The molecule has 41 heavy (non-hydrogen) atoms. The van der Waals surface area contributed by atoms with Crippen molar-refractivity contribution in [3.05, 3.63) is 91.0 Å². The second-order valence-electron chi connectivity index (χ2n) is 9.95. The first-order valence-electron chi connectivity index (χ1n) is 12.8. The first-order chi connectivity index (χ1) is 19.8. The number of furan rings is 2. The Bertz CT molecular complexity index is 2040. The van der Waals surface area contributed by atoms with Crippen LogP contribution >= 0.6 is 0 Å². The van der Waals surface area contributed by atoms with E-state index < -0.39 is 5.60 Å². The molecule has 7 aromatic rings. The number of pyridine rings is 1. The van der Waals surface area contributed by atoms with Gasteiger partial charge in [-0.2, -0.15) is 9.67 Å². The van der Waals surface area contributed by atoms with E-state index in [9.17, 15) is 5.11 Å². The van der Waals surface area contributed by atoms with Crippen molar-refractivity contribution in [3.63, 3.8) is 0 Å². The van der Waals surface area contributed by atoms with Crippen LogP contribution in [0.1, 0.15) is 19.5 Å². The van der Waals surface area contributed by atoms with Gasteiger partial charge in [0, 0.05) is 17.5 Å². The zero-order chi connectivity index (χ0) is 28.1. The number of aromatic nitrogens is 6. The molecule has 5 heterocycles. The van der Waals surface area contributed by atoms with Gasteiger partial charge in [-0.15, -0.1) is 5.10 Å². The highest BCUT2D eigenvalue weighted by Gasteiger charge is 2.23. The van der Waals surface area contributed by atoms with E-state index >= 15 is 0 Å². The lowest BCUT2D eigenvalue weighted by atomic mass is 10.0. The third-order valence-electron chi connectivity index (χ3n) is 6.59. The number of nitrogen functional groups attached to an aromatic ring is 1. The summed E-state index contributed by atoms with van der Waals surface area (Å²) in [5.41, 5.74) is 9.60. The molecule has 0 radical (unpaired) electrons. The van der Waals surface area contributed by atoms with Crippen LogP contribution in [0.2, 0.25) is 0 Å². The van der Waals surface area contributed by atoms with E-state index in [1.807, 2.05) is 36.4 Å². The van der Waals surface area contributed by atoms with E-state index in [1.54, 1.807) is 67.5 Å². The predicted molar refractivity (Wildman–Crippen MR) is 151 cm³/mol. The number of hydrogen-bond acceptors (Lipinski definition) is 10. The average Bonchev–Trinajstić information content (AvgIpc) is 3.73. The summed E-state index contributed by atoms with van der Waals surface area (Å²) in [4.78, 5) is 13.6. The van der Waals surface area contributed by atoms with Crippen molar-refractivity contribution in [2.75, 3.05) is 5.73 Å². The van der Waals surface area contributed by atoms with Gasteiger partial charge in [0.05, 0.1) is 29.3 Å². The number of aliphatic hydroxyl groups is 1. The van der Waals surface area contributed by atoms with Crippen LogP contribution in [0.5, 0.6) is 11.6 Å². The molecule has 0 saturated carbocycles. The van der Waals surface area contributed by atoms with Gasteiger partial charge in [-0.05, 0) is 67.9 Å². The SMILES string of the molecule is CC(C)(O)c1cccc(Oc2ccc3c(c2)nnn3-c2nc(N)nc(-c3ccco3)c2-c2ccc3occc3c2)n1. The topological polar surface area (TPSA) is 151 Å². The molecule has 2 aromatic carbocycles. The van der Waals surface area contributed by atoms with Crippen LogP contribution in [-0.4, -0.2) is 35.1 Å². The summed E-state index contributed by atoms with van der Waals surface area (Å²) in [5, 5.41) is 20.0. The highest BCUT2D eigenvalue weighted by molar-refractivity contribution is 5.91. The van der Waals surface area contributed by atoms with Crippen molar-refractivity contribution in [2.45, 2.75) is 19.4 Å². The molecule has 11 heteroatoms. The van der Waals surface area contributed by atoms with E-state index in [4.69, 9.17) is 19.3 Å². The molecular formula is C30H23N7O4. The van der Waals surface area contributed by atoms with Gasteiger partial charge in [0.25, 0.3) is 0 Å². The van der Waals surface area contributed by atoms with Crippen molar-refractivity contribution in [1.29, 1.82) is 0 Å². The van der Waals surface area contributed by atoms with Gasteiger partial charge in [0.15, 0.2) is 11.6 Å². The van der Waals surface area contributed by atoms with Crippen LogP contribution in [-0.2, 0) is 5.60 Å². The Labute approximate surface area is 232 Å². The Kier molecular flexibility index (Phi) is 5.54. The highest BCUT2D eigenvalue weighted by Crippen LogP contribution is 2.38. The van der Waals surface area contributed by atoms with Crippen molar-refractivity contribution >= 4 is 28.0 Å². The minimum absolute atomic E-state index is 0.0564. The number of rotatable bonds is 6. The van der Waals surface area contributed by atoms with E-state index in [0.717, 1.165) is 16.5 Å². The quantitative estimate of drug-likeness (QED) is 0.259. The zero-order valence-corrected chi connectivity index (χ0v) is 22.0. The molecule has 0 spiro atoms. The molecular weight excluding hydrogens is 522 g/mol. The minimum atomic E-state index is -1.10. The third kappa shape index (κ3) is 4.43. The Morgan fingerprint density at radius 2 is 1.80 bits per heavy atom. The lowest BCUT2D eigenvalue weighted by Gasteiger charge is -2.17. The number of hydrogen-bond donors (Lipinski definition) is 2. The molecule has 3 N–H and O–H groups in total. The lowest BCUT2D eigenvalue weighted by molar-refractivity contribution is 0.0733. The summed E-state index contributed by atoms with van der Waals surface area (Å²) in [5.74, 6) is 1.88. The van der Waals surface area contributed by atoms with Gasteiger partial charge < -0.3 is 24.4 Å². The van der Waals surface area contributed by atoms with Gasteiger partial charge in [0.2, 0.25) is 11.8 Å². The first kappa shape index (κ1) is 24.5. The van der Waals surface area contributed by atoms with Crippen LogP contribution < -0.4 is 10.5 Å². The maximum atomic E-state index is 10.3. The van der Waals surface area contributed by atoms with Crippen molar-refractivity contribution in [2.24, 2.45) is 0 Å². The maximum absolute atomic E-state index is 10.3. The molecule has 0 bridgehead atoms. The molecule has 0 aliphatic rings. The molecule has 0 aliphatic carbocycles. The average molecular weight is 546 g/mol. The molecule has 202 valence electrons. The fourth-order valence-corrected chi connectivity index (χ4v) is 4.66. The monoisotopic (exact) mass is 545 g/mol. The van der Waals surface area contributed by atoms with Crippen LogP contribution in [0, 0.1) is 0 Å². The van der Waals surface area contributed by atoms with Crippen molar-refractivity contribution in [3.8, 4) is 40.0 Å². The smallest absolute Gasteiger partial charge is 0.222 e. The molecule has 0 saturated heterocycles. The number of fused-ring (bicyclic) bond motifs is 2. The summed E-state index contributed by atoms with van der Waals surface area (Å²) in [6.07, 6.45) is 3.22. The number of nitrogens with zero attached hydrogens (tertiary/aromatic N) is 6. The Balaban J connectivity index is 1.35. The predicted octanol–water partition coefficient (Wildman–Crippen LogP) is 5.88. The number of nitrogens with two attached hydrogens (primary N) is 1. The standard InChI is InChI=1S/C30H23N7O4/c1-30(2,38)24-6-3-7-25(32-24)41-19-9-10-21-20(16-19)35-36-37(21)28-26(18-8-11-22-17(15-18)12-14-40-22)27(33-29(31)34-28)23-5-4-13-39-23/h3-16,38H,1-2H3,(H2,31,33,34). The van der Waals surface area contributed by atoms with Crippen LogP contribution in [0.3, 0.4) is 0 Å². The molecule has 0 atom stereocenters. The number of benzene rings is 2. The fraction of sp³-hybridized carbons (Fsp3) is 0.100. The molecule has 0 fully saturated rings. The van der Waals surface area contributed by atoms with E-state index in [1.165, 1.54) is 0 Å². The Hall–Kier alpha value is -5.55. The molecule has 0 aliphatic heterocycles. The normalized spacial score (nSPS) is 11.9. The summed E-state index contributed by atoms with van der Waals surface area (Å²) < 4.78 is 18.9. The summed E-state index contributed by atoms with van der Waals surface area (Å²) in [6.45, 7) is 3.34. The molecule has 11 nitrogen and oxygen atoms in total. The highest BCUT2D eigenvalue weighted by atomic mass is 16.5. The van der Waals surface area contributed by atoms with E-state index in [2.05, 4.69) is 25.3 Å². The van der Waals surface area contributed by atoms with Gasteiger partial charge in [-0.25, -0.2) is 9.97 Å². The van der Waals surface area contributed by atoms with Crippen molar-refractivity contribution in [1.82, 2.24) is 29.9 Å². The molecule has 7 rings (SSSR count). The lowest BCUT2D eigenvalue weighted by Crippen LogP contribution is -2.17. The molecule has 0 unspecified atom stereocenters. The second-order valence-corrected chi connectivity index (χ2v) is 9.95. The van der Waals surface area contributed by atoms with E-state index in [-0.39, 0.29) is 5.95 Å². The molecule has 5 aromatic heterocycles. The first-order valence-corrected chi connectivity index (χ1v) is 12.8. The van der Waals surface area contributed by atoms with Crippen LogP contribution in [0.15, 0.2) is 94.2 Å². The summed E-state index contributed by atoms with van der Waals surface area (Å²) >= 11 is 0. The Morgan fingerprint density at radius 3 is 2.63 bits per heavy atom. The van der Waals surface area contributed by atoms with Crippen LogP contribution in [0.25, 0.3) is 50.4 Å².